The highest BCUT2D eigenvalue weighted by Gasteiger charge is 2.27. The van der Waals surface area contributed by atoms with Crippen LogP contribution in [0.5, 0.6) is 5.75 Å². The molecule has 0 aliphatic carbocycles. The maximum atomic E-state index is 12.0. The van der Waals surface area contributed by atoms with Gasteiger partial charge in [-0.25, -0.2) is 0 Å². The minimum atomic E-state index is -0.00152. The van der Waals surface area contributed by atoms with Crippen LogP contribution in [0.15, 0.2) is 28.7 Å². The van der Waals surface area contributed by atoms with Crippen molar-refractivity contribution in [2.24, 2.45) is 0 Å². The lowest BCUT2D eigenvalue weighted by Gasteiger charge is -2.28. The summed E-state index contributed by atoms with van der Waals surface area (Å²) in [6.07, 6.45) is 2.80. The SMILES string of the molecule is CN1C(=O)C(I)CC=C1c1ccc(OCC#N)cc1Br. The van der Waals surface area contributed by atoms with Crippen molar-refractivity contribution in [2.45, 2.75) is 10.3 Å². The van der Waals surface area contributed by atoms with Crippen LogP contribution in [0.2, 0.25) is 0 Å². The van der Waals surface area contributed by atoms with Crippen LogP contribution < -0.4 is 4.74 Å². The summed E-state index contributed by atoms with van der Waals surface area (Å²) in [7, 11) is 1.78. The standard InChI is InChI=1S/C14H12BrIN2O2/c1-18-13(5-4-12(16)14(18)19)10-3-2-9(8-11(10)15)20-7-6-17/h2-3,5,8,12H,4,7H2,1H3. The van der Waals surface area contributed by atoms with Crippen LogP contribution in [0, 0.1) is 11.3 Å². The molecule has 1 aliphatic heterocycles. The van der Waals surface area contributed by atoms with E-state index in [0.29, 0.717) is 5.75 Å². The minimum absolute atomic E-state index is 0.00152. The fourth-order valence-electron chi connectivity index (χ4n) is 1.98. The molecule has 2 rings (SSSR count). The third-order valence-corrected chi connectivity index (χ3v) is 4.70. The van der Waals surface area contributed by atoms with E-state index in [-0.39, 0.29) is 16.4 Å². The molecule has 1 heterocycles. The molecule has 1 atom stereocenters. The van der Waals surface area contributed by atoms with E-state index in [1.165, 1.54) is 0 Å². The van der Waals surface area contributed by atoms with Crippen LogP contribution in [0.4, 0.5) is 0 Å². The van der Waals surface area contributed by atoms with Gasteiger partial charge in [0.05, 0.1) is 3.92 Å². The first kappa shape index (κ1) is 15.3. The zero-order valence-electron chi connectivity index (χ0n) is 10.8. The van der Waals surface area contributed by atoms with Crippen LogP contribution in [-0.2, 0) is 4.79 Å². The van der Waals surface area contributed by atoms with Crippen LogP contribution in [0.25, 0.3) is 5.70 Å². The molecule has 20 heavy (non-hydrogen) atoms. The highest BCUT2D eigenvalue weighted by molar-refractivity contribution is 14.1. The quantitative estimate of drug-likeness (QED) is 0.528. The molecule has 1 aromatic rings. The zero-order valence-corrected chi connectivity index (χ0v) is 14.5. The van der Waals surface area contributed by atoms with Gasteiger partial charge in [0.1, 0.15) is 11.8 Å². The summed E-state index contributed by atoms with van der Waals surface area (Å²) >= 11 is 5.65. The van der Waals surface area contributed by atoms with Gasteiger partial charge >= 0.3 is 0 Å². The summed E-state index contributed by atoms with van der Waals surface area (Å²) in [5.41, 5.74) is 1.83. The molecule has 0 bridgehead atoms. The molecular weight excluding hydrogens is 435 g/mol. The Bertz CT molecular complexity index is 610. The van der Waals surface area contributed by atoms with Gasteiger partial charge in [0, 0.05) is 22.8 Å². The molecule has 1 unspecified atom stereocenters. The number of nitrogens with zero attached hydrogens (tertiary/aromatic N) is 2. The number of alkyl halides is 1. The third kappa shape index (κ3) is 3.15. The van der Waals surface area contributed by atoms with Crippen LogP contribution in [-0.4, -0.2) is 28.4 Å². The van der Waals surface area contributed by atoms with Crippen molar-refractivity contribution in [1.82, 2.24) is 4.90 Å². The molecule has 4 nitrogen and oxygen atoms in total. The van der Waals surface area contributed by atoms with Crippen molar-refractivity contribution in [1.29, 1.82) is 5.26 Å². The van der Waals surface area contributed by atoms with Gasteiger partial charge in [0.15, 0.2) is 6.61 Å². The summed E-state index contributed by atoms with van der Waals surface area (Å²) < 4.78 is 6.09. The number of hydrogen-bond acceptors (Lipinski definition) is 3. The van der Waals surface area contributed by atoms with Gasteiger partial charge in [-0.15, -0.1) is 0 Å². The Morgan fingerprint density at radius 2 is 2.35 bits per heavy atom. The number of amides is 1. The second-order valence-corrected chi connectivity index (χ2v) is 6.64. The fourth-order valence-corrected chi connectivity index (χ4v) is 3.21. The Labute approximate surface area is 139 Å². The first-order valence-corrected chi connectivity index (χ1v) is 8.00. The average molecular weight is 447 g/mol. The molecule has 1 aromatic carbocycles. The highest BCUT2D eigenvalue weighted by atomic mass is 127. The Morgan fingerprint density at radius 3 is 3.00 bits per heavy atom. The second kappa shape index (κ2) is 6.59. The monoisotopic (exact) mass is 446 g/mol. The summed E-state index contributed by atoms with van der Waals surface area (Å²) in [5.74, 6) is 0.735. The van der Waals surface area contributed by atoms with Crippen molar-refractivity contribution in [3.05, 3.63) is 34.3 Å². The number of nitriles is 1. The summed E-state index contributed by atoms with van der Waals surface area (Å²) in [6.45, 7) is 0.0172. The minimum Gasteiger partial charge on any atom is -0.479 e. The molecule has 0 saturated heterocycles. The summed E-state index contributed by atoms with van der Waals surface area (Å²) in [6, 6.07) is 7.42. The summed E-state index contributed by atoms with van der Waals surface area (Å²) in [4.78, 5) is 13.7. The van der Waals surface area contributed by atoms with Gasteiger partial charge in [0.25, 0.3) is 0 Å². The van der Waals surface area contributed by atoms with E-state index < -0.39 is 0 Å². The van der Waals surface area contributed by atoms with Gasteiger partial charge in [-0.2, -0.15) is 5.26 Å². The Balaban J connectivity index is 2.30. The fraction of sp³-hybridized carbons (Fsp3) is 0.286. The first-order chi connectivity index (χ1) is 9.54. The van der Waals surface area contributed by atoms with Gasteiger partial charge in [-0.05, 0) is 40.5 Å². The topological polar surface area (TPSA) is 53.3 Å². The number of ether oxygens (including phenoxy) is 1. The van der Waals surface area contributed by atoms with Crippen molar-refractivity contribution in [2.75, 3.05) is 13.7 Å². The van der Waals surface area contributed by atoms with E-state index in [2.05, 4.69) is 44.6 Å². The lowest BCUT2D eigenvalue weighted by atomic mass is 10.0. The molecule has 0 aromatic heterocycles. The number of halogens is 2. The average Bonchev–Trinajstić information content (AvgIpc) is 2.44. The predicted molar refractivity (Wildman–Crippen MR) is 88.4 cm³/mol. The van der Waals surface area contributed by atoms with E-state index in [0.717, 1.165) is 22.2 Å². The van der Waals surface area contributed by atoms with E-state index >= 15 is 0 Å². The van der Waals surface area contributed by atoms with Crippen molar-refractivity contribution >= 4 is 50.1 Å². The smallest absolute Gasteiger partial charge is 0.240 e. The number of rotatable bonds is 3. The van der Waals surface area contributed by atoms with Gasteiger partial charge in [-0.1, -0.05) is 28.7 Å². The highest BCUT2D eigenvalue weighted by Crippen LogP contribution is 2.33. The maximum absolute atomic E-state index is 12.0. The Morgan fingerprint density at radius 1 is 1.60 bits per heavy atom. The third-order valence-electron chi connectivity index (χ3n) is 3.00. The number of carbonyl (C=O) groups excluding carboxylic acids is 1. The lowest BCUT2D eigenvalue weighted by Crippen LogP contribution is -2.35. The van der Waals surface area contributed by atoms with Crippen LogP contribution in [0.3, 0.4) is 0 Å². The normalized spacial score (nSPS) is 18.5. The second-order valence-electron chi connectivity index (χ2n) is 4.28. The largest absolute Gasteiger partial charge is 0.479 e. The molecule has 0 N–H and O–H groups in total. The number of allylic oxidation sites excluding steroid dienone is 1. The molecule has 1 amide bonds. The molecule has 0 saturated carbocycles. The molecular formula is C14H12BrIN2O2. The maximum Gasteiger partial charge on any atom is 0.240 e. The molecule has 0 spiro atoms. The van der Waals surface area contributed by atoms with E-state index in [1.54, 1.807) is 18.0 Å². The zero-order chi connectivity index (χ0) is 14.7. The van der Waals surface area contributed by atoms with Gasteiger partial charge in [-0.3, -0.25) is 4.79 Å². The number of hydrogen-bond donors (Lipinski definition) is 0. The van der Waals surface area contributed by atoms with E-state index in [9.17, 15) is 4.79 Å². The van der Waals surface area contributed by atoms with Gasteiger partial charge < -0.3 is 9.64 Å². The first-order valence-electron chi connectivity index (χ1n) is 5.96. The molecule has 6 heteroatoms. The number of benzene rings is 1. The van der Waals surface area contributed by atoms with Gasteiger partial charge in [0.2, 0.25) is 5.91 Å². The van der Waals surface area contributed by atoms with Crippen LogP contribution >= 0.6 is 38.5 Å². The van der Waals surface area contributed by atoms with Crippen molar-refractivity contribution in [3.8, 4) is 11.8 Å². The Kier molecular flexibility index (Phi) is 5.05. The van der Waals surface area contributed by atoms with E-state index in [4.69, 9.17) is 10.00 Å². The van der Waals surface area contributed by atoms with Crippen molar-refractivity contribution < 1.29 is 9.53 Å². The van der Waals surface area contributed by atoms with Crippen molar-refractivity contribution in [3.63, 3.8) is 0 Å². The number of carbonyl (C=O) groups is 1. The molecule has 1 aliphatic rings. The molecule has 104 valence electrons. The van der Waals surface area contributed by atoms with E-state index in [1.807, 2.05) is 18.2 Å². The summed E-state index contributed by atoms with van der Waals surface area (Å²) in [5, 5.41) is 8.50. The predicted octanol–water partition coefficient (Wildman–Crippen LogP) is 3.36. The lowest BCUT2D eigenvalue weighted by molar-refractivity contribution is -0.126. The molecule has 0 radical (unpaired) electrons. The van der Waals surface area contributed by atoms with Crippen LogP contribution in [0.1, 0.15) is 12.0 Å². The Hall–Kier alpha value is -1.07. The molecule has 0 fully saturated rings.